The Morgan fingerprint density at radius 1 is 1.75 bits per heavy atom. The molecule has 12 heavy (non-hydrogen) atoms. The zero-order chi connectivity index (χ0) is 8.97. The van der Waals surface area contributed by atoms with E-state index in [2.05, 4.69) is 20.4 Å². The quantitative estimate of drug-likeness (QED) is 0.588. The molecule has 0 aliphatic carbocycles. The molecule has 66 valence electrons. The van der Waals surface area contributed by atoms with E-state index in [-0.39, 0.29) is 12.8 Å². The second-order valence-electron chi connectivity index (χ2n) is 2.17. The first-order chi connectivity index (χ1) is 5.74. The van der Waals surface area contributed by atoms with Crippen LogP contribution in [0.3, 0.4) is 0 Å². The molecule has 0 bridgehead atoms. The summed E-state index contributed by atoms with van der Waals surface area (Å²) in [6, 6.07) is 0. The van der Waals surface area contributed by atoms with Crippen LogP contribution in [0.1, 0.15) is 12.0 Å². The number of carbonyl (C=O) groups excluding carboxylic acids is 1. The van der Waals surface area contributed by atoms with Crippen LogP contribution in [0.4, 0.5) is 0 Å². The summed E-state index contributed by atoms with van der Waals surface area (Å²) in [5, 5.41) is 2.27. The van der Waals surface area contributed by atoms with Crippen molar-refractivity contribution in [3.8, 4) is 0 Å². The highest BCUT2D eigenvalue weighted by Crippen LogP contribution is 1.95. The van der Waals surface area contributed by atoms with E-state index in [1.807, 2.05) is 0 Å². The molecule has 0 amide bonds. The van der Waals surface area contributed by atoms with Gasteiger partial charge >= 0.3 is 11.6 Å². The first kappa shape index (κ1) is 8.54. The fraction of sp³-hybridized carbons (Fsp3) is 0.333. The minimum absolute atomic E-state index is 0.0686. The van der Waals surface area contributed by atoms with Gasteiger partial charge in [0.15, 0.2) is 0 Å². The minimum atomic E-state index is -0.560. The highest BCUT2D eigenvalue weighted by Gasteiger charge is 2.06. The maximum atomic E-state index is 10.7. The monoisotopic (exact) mass is 172 g/mol. The number of H-pyrrole nitrogens is 1. The first-order valence-corrected chi connectivity index (χ1v) is 3.29. The van der Waals surface area contributed by atoms with E-state index in [4.69, 9.17) is 0 Å². The molecule has 1 aromatic heterocycles. The standard InChI is InChI=1S/C6H8N2O4/c7-11-5(9)2-1-4-3-8-12-6(4)10/h3,8H,1-2,7H2. The average Bonchev–Trinajstić information content (AvgIpc) is 2.47. The fourth-order valence-corrected chi connectivity index (χ4v) is 0.748. The van der Waals surface area contributed by atoms with E-state index in [1.165, 1.54) is 6.20 Å². The number of hydrogen-bond donors (Lipinski definition) is 2. The Kier molecular flexibility index (Phi) is 2.65. The smallest absolute Gasteiger partial charge is 0.360 e. The van der Waals surface area contributed by atoms with Gasteiger partial charge in [0, 0.05) is 6.20 Å². The maximum Gasteiger partial charge on any atom is 0.360 e. The lowest BCUT2D eigenvalue weighted by Gasteiger charge is -1.93. The predicted octanol–water partition coefficient (Wildman–Crippen LogP) is -0.683. The molecule has 0 aliphatic rings. The van der Waals surface area contributed by atoms with Gasteiger partial charge in [0.05, 0.1) is 12.0 Å². The summed E-state index contributed by atoms with van der Waals surface area (Å²) >= 11 is 0. The molecule has 0 spiro atoms. The Bertz CT molecular complexity index is 313. The molecule has 0 atom stereocenters. The van der Waals surface area contributed by atoms with Gasteiger partial charge in [0.25, 0.3) is 0 Å². The molecule has 1 aromatic rings. The number of hydrogen-bond acceptors (Lipinski definition) is 5. The molecule has 0 aromatic carbocycles. The third-order valence-corrected chi connectivity index (χ3v) is 1.38. The van der Waals surface area contributed by atoms with E-state index in [1.54, 1.807) is 0 Å². The third-order valence-electron chi connectivity index (χ3n) is 1.38. The summed E-state index contributed by atoms with van der Waals surface area (Å²) in [5.74, 6) is 4.03. The summed E-state index contributed by atoms with van der Waals surface area (Å²) in [4.78, 5) is 25.2. The highest BCUT2D eigenvalue weighted by molar-refractivity contribution is 5.69. The topological polar surface area (TPSA) is 98.3 Å². The molecule has 3 N–H and O–H groups in total. The van der Waals surface area contributed by atoms with Crippen molar-refractivity contribution in [2.24, 2.45) is 5.90 Å². The number of aromatic amines is 1. The number of aromatic nitrogens is 1. The lowest BCUT2D eigenvalue weighted by molar-refractivity contribution is -0.144. The summed E-state index contributed by atoms with van der Waals surface area (Å²) < 4.78 is 4.37. The van der Waals surface area contributed by atoms with Crippen molar-refractivity contribution in [2.45, 2.75) is 12.8 Å². The molecule has 0 fully saturated rings. The molecule has 6 nitrogen and oxygen atoms in total. The first-order valence-electron chi connectivity index (χ1n) is 3.29. The van der Waals surface area contributed by atoms with Crippen LogP contribution in [0.5, 0.6) is 0 Å². The van der Waals surface area contributed by atoms with E-state index < -0.39 is 11.6 Å². The zero-order valence-corrected chi connectivity index (χ0v) is 6.20. The molecule has 6 heteroatoms. The Balaban J connectivity index is 2.49. The Hall–Kier alpha value is -1.56. The lowest BCUT2D eigenvalue weighted by Crippen LogP contribution is -2.12. The molecule has 0 saturated heterocycles. The second-order valence-corrected chi connectivity index (χ2v) is 2.17. The summed E-state index contributed by atoms with van der Waals surface area (Å²) in [5.41, 5.74) is -0.0692. The van der Waals surface area contributed by atoms with Crippen molar-refractivity contribution >= 4 is 5.97 Å². The fourth-order valence-electron chi connectivity index (χ4n) is 0.748. The van der Waals surface area contributed by atoms with Crippen molar-refractivity contribution in [1.29, 1.82) is 0 Å². The van der Waals surface area contributed by atoms with Crippen LogP contribution < -0.4 is 11.5 Å². The van der Waals surface area contributed by atoms with Gasteiger partial charge < -0.3 is 9.36 Å². The average molecular weight is 172 g/mol. The van der Waals surface area contributed by atoms with Crippen LogP contribution in [-0.2, 0) is 16.1 Å². The lowest BCUT2D eigenvalue weighted by atomic mass is 10.2. The van der Waals surface area contributed by atoms with Crippen molar-refractivity contribution in [3.63, 3.8) is 0 Å². The number of nitrogens with one attached hydrogen (secondary N) is 1. The Morgan fingerprint density at radius 2 is 2.50 bits per heavy atom. The van der Waals surface area contributed by atoms with Crippen molar-refractivity contribution in [1.82, 2.24) is 5.16 Å². The second kappa shape index (κ2) is 3.72. The van der Waals surface area contributed by atoms with Gasteiger partial charge in [0.1, 0.15) is 0 Å². The Labute approximate surface area is 67.2 Å². The summed E-state index contributed by atoms with van der Waals surface area (Å²) in [7, 11) is 0. The maximum absolute atomic E-state index is 10.7. The van der Waals surface area contributed by atoms with Crippen LogP contribution in [0.2, 0.25) is 0 Å². The number of rotatable bonds is 3. The van der Waals surface area contributed by atoms with Gasteiger partial charge in [-0.05, 0) is 6.42 Å². The van der Waals surface area contributed by atoms with Gasteiger partial charge in [-0.15, -0.1) is 0 Å². The molecule has 1 rings (SSSR count). The summed E-state index contributed by atoms with van der Waals surface area (Å²) in [6.45, 7) is 0. The van der Waals surface area contributed by atoms with E-state index >= 15 is 0 Å². The molecule has 0 unspecified atom stereocenters. The van der Waals surface area contributed by atoms with Crippen LogP contribution >= 0.6 is 0 Å². The molecule has 1 heterocycles. The number of carbonyl (C=O) groups is 1. The van der Waals surface area contributed by atoms with Crippen molar-refractivity contribution in [2.75, 3.05) is 0 Å². The number of nitrogens with two attached hydrogens (primary N) is 1. The molecule has 0 saturated carbocycles. The van der Waals surface area contributed by atoms with Gasteiger partial charge in [0.2, 0.25) is 0 Å². The van der Waals surface area contributed by atoms with Crippen LogP contribution in [0.25, 0.3) is 0 Å². The van der Waals surface area contributed by atoms with Crippen LogP contribution in [0, 0.1) is 0 Å². The Morgan fingerprint density at radius 3 is 3.00 bits per heavy atom. The third kappa shape index (κ3) is 1.96. The van der Waals surface area contributed by atoms with E-state index in [0.29, 0.717) is 5.56 Å². The minimum Gasteiger partial charge on any atom is -0.373 e. The normalized spacial score (nSPS) is 9.75. The van der Waals surface area contributed by atoms with Gasteiger partial charge in [-0.3, -0.25) is 4.79 Å². The summed E-state index contributed by atoms with van der Waals surface area (Å²) in [6.07, 6.45) is 1.73. The highest BCUT2D eigenvalue weighted by atomic mass is 16.7. The number of aryl methyl sites for hydroxylation is 1. The SMILES string of the molecule is NOC(=O)CCc1c[nH]oc1=O. The van der Waals surface area contributed by atoms with Crippen LogP contribution in [-0.4, -0.2) is 11.1 Å². The molecular formula is C6H8N2O4. The molecule has 0 radical (unpaired) electrons. The predicted molar refractivity (Wildman–Crippen MR) is 37.9 cm³/mol. The molecular weight excluding hydrogens is 164 g/mol. The van der Waals surface area contributed by atoms with E-state index in [0.717, 1.165) is 0 Å². The van der Waals surface area contributed by atoms with Crippen LogP contribution in [0.15, 0.2) is 15.5 Å². The van der Waals surface area contributed by atoms with Gasteiger partial charge in [-0.2, -0.15) is 5.90 Å². The molecule has 0 aliphatic heterocycles. The van der Waals surface area contributed by atoms with Gasteiger partial charge in [-0.1, -0.05) is 0 Å². The zero-order valence-electron chi connectivity index (χ0n) is 6.20. The van der Waals surface area contributed by atoms with E-state index in [9.17, 15) is 9.59 Å². The van der Waals surface area contributed by atoms with Crippen molar-refractivity contribution < 1.29 is 14.2 Å². The largest absolute Gasteiger partial charge is 0.373 e. The van der Waals surface area contributed by atoms with Gasteiger partial charge in [-0.25, -0.2) is 9.95 Å². The van der Waals surface area contributed by atoms with Crippen molar-refractivity contribution in [3.05, 3.63) is 22.2 Å².